The molecule has 0 bridgehead atoms. The summed E-state index contributed by atoms with van der Waals surface area (Å²) in [6.45, 7) is 2.19. The number of fused-ring (bicyclic) bond motifs is 1. The number of aryl methyl sites for hydroxylation is 1. The molecule has 3 aromatic rings. The third-order valence-electron chi connectivity index (χ3n) is 4.06. The Balaban J connectivity index is 2.22. The number of alkyl halides is 3. The van der Waals surface area contributed by atoms with Gasteiger partial charge in [-0.25, -0.2) is 0 Å². The Hall–Kier alpha value is -3.38. The summed E-state index contributed by atoms with van der Waals surface area (Å²) in [7, 11) is 0. The second kappa shape index (κ2) is 6.50. The molecule has 0 unspecified atom stereocenters. The smallest absolute Gasteiger partial charge is 0.399 e. The average Bonchev–Trinajstić information content (AvgIpc) is 2.92. The molecule has 0 spiro atoms. The van der Waals surface area contributed by atoms with E-state index in [0.717, 1.165) is 12.1 Å². The number of aromatic nitrogens is 1. The number of benzene rings is 2. The molecule has 0 saturated carbocycles. The number of halogens is 3. The summed E-state index contributed by atoms with van der Waals surface area (Å²) in [5.41, 5.74) is 7.22. The molecule has 1 aromatic heterocycles. The van der Waals surface area contributed by atoms with Crippen LogP contribution < -0.4 is 5.73 Å². The Labute approximate surface area is 148 Å². The Morgan fingerprint density at radius 1 is 1.08 bits per heavy atom. The largest absolute Gasteiger partial charge is 0.416 e. The fourth-order valence-electron chi connectivity index (χ4n) is 2.80. The molecule has 0 aliphatic carbocycles. The van der Waals surface area contributed by atoms with Crippen molar-refractivity contribution in [3.63, 3.8) is 0 Å². The number of hydrogen-bond donors (Lipinski definition) is 1. The van der Waals surface area contributed by atoms with Gasteiger partial charge in [0.25, 0.3) is 0 Å². The van der Waals surface area contributed by atoms with E-state index in [0.29, 0.717) is 34.4 Å². The van der Waals surface area contributed by atoms with E-state index >= 15 is 0 Å². The van der Waals surface area contributed by atoms with E-state index in [9.17, 15) is 18.4 Å². The van der Waals surface area contributed by atoms with Crippen LogP contribution in [0, 0.1) is 23.2 Å². The first kappa shape index (κ1) is 17.4. The lowest BCUT2D eigenvalue weighted by Gasteiger charge is -2.08. The van der Waals surface area contributed by atoms with Gasteiger partial charge in [0.2, 0.25) is 0 Å². The minimum atomic E-state index is -4.44. The minimum absolute atomic E-state index is 0.276. The molecule has 130 valence electrons. The van der Waals surface area contributed by atoms with Crippen molar-refractivity contribution in [3.05, 3.63) is 64.8 Å². The van der Waals surface area contributed by atoms with Gasteiger partial charge in [0.1, 0.15) is 11.8 Å². The van der Waals surface area contributed by atoms with E-state index in [2.05, 4.69) is 17.9 Å². The molecule has 0 radical (unpaired) electrons. The van der Waals surface area contributed by atoms with Crippen molar-refractivity contribution < 1.29 is 13.2 Å². The number of nitriles is 1. The molecule has 0 aliphatic rings. The first-order chi connectivity index (χ1) is 12.3. The van der Waals surface area contributed by atoms with Crippen LogP contribution in [0.2, 0.25) is 0 Å². The summed E-state index contributed by atoms with van der Waals surface area (Å²) in [6, 6.07) is 12.4. The third kappa shape index (κ3) is 3.10. The van der Waals surface area contributed by atoms with Crippen LogP contribution in [0.15, 0.2) is 42.5 Å². The van der Waals surface area contributed by atoms with E-state index in [1.807, 2.05) is 0 Å². The van der Waals surface area contributed by atoms with Gasteiger partial charge in [-0.3, -0.25) is 0 Å². The average molecular weight is 353 g/mol. The molecule has 26 heavy (non-hydrogen) atoms. The van der Waals surface area contributed by atoms with Crippen LogP contribution in [0.25, 0.3) is 10.9 Å². The van der Waals surface area contributed by atoms with Crippen molar-refractivity contribution in [1.82, 2.24) is 4.57 Å². The zero-order valence-electron chi connectivity index (χ0n) is 13.9. The topological polar surface area (TPSA) is 54.7 Å². The molecule has 0 fully saturated rings. The van der Waals surface area contributed by atoms with Gasteiger partial charge in [-0.1, -0.05) is 12.0 Å². The van der Waals surface area contributed by atoms with Gasteiger partial charge in [0.05, 0.1) is 16.6 Å². The van der Waals surface area contributed by atoms with E-state index < -0.39 is 11.7 Å². The summed E-state index contributed by atoms with van der Waals surface area (Å²) in [4.78, 5) is 0. The summed E-state index contributed by atoms with van der Waals surface area (Å²) < 4.78 is 40.7. The highest BCUT2D eigenvalue weighted by molar-refractivity contribution is 5.90. The molecule has 1 heterocycles. The zero-order chi connectivity index (χ0) is 18.9. The van der Waals surface area contributed by atoms with Crippen molar-refractivity contribution >= 4 is 16.6 Å². The summed E-state index contributed by atoms with van der Waals surface area (Å²) in [5.74, 6) is 5.88. The number of anilines is 1. The molecule has 0 saturated heterocycles. The highest BCUT2D eigenvalue weighted by Crippen LogP contribution is 2.34. The highest BCUT2D eigenvalue weighted by Gasteiger charge is 2.31. The Morgan fingerprint density at radius 2 is 1.77 bits per heavy atom. The lowest BCUT2D eigenvalue weighted by atomic mass is 10.1. The molecular weight excluding hydrogens is 339 g/mol. The van der Waals surface area contributed by atoms with Gasteiger partial charge >= 0.3 is 6.18 Å². The van der Waals surface area contributed by atoms with Crippen molar-refractivity contribution in [2.45, 2.75) is 19.6 Å². The van der Waals surface area contributed by atoms with Crippen molar-refractivity contribution in [2.75, 3.05) is 5.73 Å². The maximum Gasteiger partial charge on any atom is 0.416 e. The molecule has 0 atom stereocenters. The predicted octanol–water partition coefficient (Wildman–Crippen LogP) is 4.53. The highest BCUT2D eigenvalue weighted by atomic mass is 19.4. The predicted molar refractivity (Wildman–Crippen MR) is 94.2 cm³/mol. The van der Waals surface area contributed by atoms with Gasteiger partial charge in [0, 0.05) is 23.2 Å². The Morgan fingerprint density at radius 3 is 2.35 bits per heavy atom. The molecule has 0 aliphatic heterocycles. The second-order valence-electron chi connectivity index (χ2n) is 5.68. The zero-order valence-corrected chi connectivity index (χ0v) is 13.9. The molecule has 2 N–H and O–H groups in total. The third-order valence-corrected chi connectivity index (χ3v) is 4.06. The number of nitrogen functional groups attached to an aromatic ring is 1. The van der Waals surface area contributed by atoms with Crippen LogP contribution in [-0.4, -0.2) is 4.57 Å². The number of nitrogens with two attached hydrogens (primary N) is 1. The number of hydrogen-bond acceptors (Lipinski definition) is 2. The Bertz CT molecular complexity index is 1070. The van der Waals surface area contributed by atoms with Crippen LogP contribution in [0.4, 0.5) is 18.9 Å². The van der Waals surface area contributed by atoms with Gasteiger partial charge < -0.3 is 10.3 Å². The van der Waals surface area contributed by atoms with Crippen molar-refractivity contribution in [2.24, 2.45) is 0 Å². The maximum absolute atomic E-state index is 13.0. The van der Waals surface area contributed by atoms with Crippen molar-refractivity contribution in [3.8, 4) is 17.9 Å². The molecule has 3 rings (SSSR count). The van der Waals surface area contributed by atoms with E-state index in [-0.39, 0.29) is 5.56 Å². The normalized spacial score (nSPS) is 11.0. The molecule has 6 heteroatoms. The second-order valence-corrected chi connectivity index (χ2v) is 5.68. The van der Waals surface area contributed by atoms with Crippen LogP contribution >= 0.6 is 0 Å². The summed E-state index contributed by atoms with van der Waals surface area (Å²) in [6.07, 6.45) is -4.44. The maximum atomic E-state index is 13.0. The van der Waals surface area contributed by atoms with E-state index in [1.165, 1.54) is 6.07 Å². The Kier molecular flexibility index (Phi) is 4.36. The molecule has 2 aromatic carbocycles. The lowest BCUT2D eigenvalue weighted by Crippen LogP contribution is -2.05. The fourth-order valence-corrected chi connectivity index (χ4v) is 2.80. The van der Waals surface area contributed by atoms with Gasteiger partial charge in [-0.2, -0.15) is 18.4 Å². The number of nitrogens with zero attached hydrogens (tertiary/aromatic N) is 2. The fraction of sp³-hybridized carbons (Fsp3) is 0.150. The molecular formula is C20H14F3N3. The molecule has 3 nitrogen and oxygen atoms in total. The number of rotatable bonds is 1. The quantitative estimate of drug-likeness (QED) is 0.516. The monoisotopic (exact) mass is 353 g/mol. The summed E-state index contributed by atoms with van der Waals surface area (Å²) in [5, 5.41) is 9.98. The first-order valence-electron chi connectivity index (χ1n) is 7.86. The van der Waals surface area contributed by atoms with Gasteiger partial charge in [0.15, 0.2) is 0 Å². The standard InChI is InChI=1S/C20H14F3N3/c1-2-26-18(10-5-13-3-7-15(25)8-4-13)17(12-24)16-9-6-14(11-19(16)26)20(21,22)23/h3-4,6-9,11H,2,25H2,1H3. The molecule has 0 amide bonds. The first-order valence-corrected chi connectivity index (χ1v) is 7.86. The van der Waals surface area contributed by atoms with Crippen LogP contribution in [-0.2, 0) is 12.7 Å². The van der Waals surface area contributed by atoms with Gasteiger partial charge in [-0.15, -0.1) is 0 Å². The van der Waals surface area contributed by atoms with E-state index in [1.54, 1.807) is 35.8 Å². The van der Waals surface area contributed by atoms with E-state index in [4.69, 9.17) is 5.73 Å². The van der Waals surface area contributed by atoms with Crippen LogP contribution in [0.1, 0.15) is 29.3 Å². The van der Waals surface area contributed by atoms with Crippen LogP contribution in [0.5, 0.6) is 0 Å². The summed E-state index contributed by atoms with van der Waals surface area (Å²) >= 11 is 0. The van der Waals surface area contributed by atoms with Gasteiger partial charge in [-0.05, 0) is 49.2 Å². The van der Waals surface area contributed by atoms with Crippen molar-refractivity contribution in [1.29, 1.82) is 5.26 Å². The SMILES string of the molecule is CCn1c(C#Cc2ccc(N)cc2)c(C#N)c2ccc(C(F)(F)F)cc21. The minimum Gasteiger partial charge on any atom is -0.399 e. The van der Waals surface area contributed by atoms with Crippen LogP contribution in [0.3, 0.4) is 0 Å². The lowest BCUT2D eigenvalue weighted by molar-refractivity contribution is -0.137.